The average Bonchev–Trinajstić information content (AvgIpc) is 3.52. The van der Waals surface area contributed by atoms with Crippen molar-refractivity contribution in [3.63, 3.8) is 0 Å². The first-order chi connectivity index (χ1) is 17.5. The van der Waals surface area contributed by atoms with Crippen LogP contribution in [0.5, 0.6) is 0 Å². The molecule has 0 amide bonds. The van der Waals surface area contributed by atoms with Crippen LogP contribution in [0, 0.1) is 27.7 Å². The zero-order valence-corrected chi connectivity index (χ0v) is 25.1. The van der Waals surface area contributed by atoms with E-state index in [-0.39, 0.29) is 0 Å². The number of hydrogen-bond donors (Lipinski definition) is 0. The number of allylic oxidation sites excluding steroid dienone is 4. The van der Waals surface area contributed by atoms with Gasteiger partial charge in [-0.3, -0.25) is 0 Å². The molecular formula is C35H32Hf. The molecule has 0 heterocycles. The zero-order chi connectivity index (χ0) is 24.8. The summed E-state index contributed by atoms with van der Waals surface area (Å²) in [5, 5.41) is 0. The molecule has 36 heavy (non-hydrogen) atoms. The Kier molecular flexibility index (Phi) is 6.22. The van der Waals surface area contributed by atoms with Crippen molar-refractivity contribution in [2.24, 2.45) is 0 Å². The van der Waals surface area contributed by atoms with Gasteiger partial charge in [0.15, 0.2) is 0 Å². The standard InChI is InChI=1S/C15H13.C15H14.C5H5.Hf/c1-10-3-5-12-9-13-6-4-11(2)8-15(13)14(12)7-10;1-12-7-6-10-15(13(12)2)11-14-8-4-3-5-9-14;1-2-4-5-3-1;/h3-9H,1-2H3;3-10H,1-2H3;1-5H;. The first-order valence-corrected chi connectivity index (χ1v) is 18.9. The second-order valence-electron chi connectivity index (χ2n) is 10.4. The van der Waals surface area contributed by atoms with E-state index in [1.807, 2.05) is 0 Å². The molecule has 0 spiro atoms. The van der Waals surface area contributed by atoms with E-state index in [0.29, 0.717) is 7.35 Å². The predicted octanol–water partition coefficient (Wildman–Crippen LogP) is 8.79. The molecular weight excluding hydrogens is 599 g/mol. The Bertz CT molecular complexity index is 1500. The fraction of sp³-hybridized carbons (Fsp3) is 0.171. The molecule has 0 N–H and O–H groups in total. The van der Waals surface area contributed by atoms with E-state index in [4.69, 9.17) is 0 Å². The Morgan fingerprint density at radius 2 is 1.25 bits per heavy atom. The predicted molar refractivity (Wildman–Crippen MR) is 151 cm³/mol. The molecule has 0 saturated heterocycles. The third-order valence-electron chi connectivity index (χ3n) is 7.97. The van der Waals surface area contributed by atoms with Crippen molar-refractivity contribution in [1.82, 2.24) is 0 Å². The molecule has 176 valence electrons. The molecule has 0 radical (unpaired) electrons. The molecule has 4 aromatic rings. The molecule has 2 aliphatic rings. The summed E-state index contributed by atoms with van der Waals surface area (Å²) in [4.78, 5) is 0. The average molecular weight is 631 g/mol. The molecule has 1 heteroatoms. The van der Waals surface area contributed by atoms with Crippen LogP contribution >= 0.6 is 0 Å². The molecule has 6 rings (SSSR count). The van der Waals surface area contributed by atoms with Crippen LogP contribution in [-0.2, 0) is 21.0 Å². The van der Waals surface area contributed by atoms with Gasteiger partial charge in [0, 0.05) is 0 Å². The van der Waals surface area contributed by atoms with Gasteiger partial charge in [0.1, 0.15) is 0 Å². The normalized spacial score (nSPS) is 15.2. The Hall–Kier alpha value is -2.90. The molecule has 2 aliphatic carbocycles. The Labute approximate surface area is 223 Å². The monoisotopic (exact) mass is 632 g/mol. The van der Waals surface area contributed by atoms with Crippen molar-refractivity contribution in [2.75, 3.05) is 0 Å². The van der Waals surface area contributed by atoms with E-state index in [1.165, 1.54) is 44.5 Å². The summed E-state index contributed by atoms with van der Waals surface area (Å²) in [5.74, 6) is 0. The molecule has 0 unspecified atom stereocenters. The van der Waals surface area contributed by atoms with Crippen molar-refractivity contribution in [3.05, 3.63) is 154 Å². The van der Waals surface area contributed by atoms with Gasteiger partial charge in [-0.1, -0.05) is 0 Å². The number of aryl methyl sites for hydroxylation is 3. The summed E-state index contributed by atoms with van der Waals surface area (Å²) >= 11 is -2.78. The fourth-order valence-electron chi connectivity index (χ4n) is 6.06. The van der Waals surface area contributed by atoms with Crippen LogP contribution in [0.3, 0.4) is 0 Å². The van der Waals surface area contributed by atoms with Gasteiger partial charge in [-0.2, -0.15) is 0 Å². The van der Waals surface area contributed by atoms with Gasteiger partial charge < -0.3 is 0 Å². The third kappa shape index (κ3) is 3.98. The van der Waals surface area contributed by atoms with E-state index in [2.05, 4.69) is 137 Å². The fourth-order valence-corrected chi connectivity index (χ4v) is 20.1. The van der Waals surface area contributed by atoms with Crippen LogP contribution < -0.4 is 0 Å². The summed E-state index contributed by atoms with van der Waals surface area (Å²) in [6.45, 7) is 9.03. The van der Waals surface area contributed by atoms with Crippen LogP contribution in [0.4, 0.5) is 0 Å². The summed E-state index contributed by atoms with van der Waals surface area (Å²) in [7, 11) is 0. The minimum absolute atomic E-state index is 0.494. The van der Waals surface area contributed by atoms with Gasteiger partial charge in [0.2, 0.25) is 0 Å². The Morgan fingerprint density at radius 1 is 0.639 bits per heavy atom. The van der Waals surface area contributed by atoms with Gasteiger partial charge in [-0.05, 0) is 0 Å². The van der Waals surface area contributed by atoms with Gasteiger partial charge in [0.25, 0.3) is 0 Å². The third-order valence-corrected chi connectivity index (χ3v) is 20.5. The summed E-state index contributed by atoms with van der Waals surface area (Å²) in [6, 6.07) is 32.6. The van der Waals surface area contributed by atoms with Crippen LogP contribution in [0.15, 0.2) is 109 Å². The molecule has 0 bridgehead atoms. The van der Waals surface area contributed by atoms with Crippen LogP contribution in [-0.4, -0.2) is 3.26 Å². The molecule has 0 aliphatic heterocycles. The summed E-state index contributed by atoms with van der Waals surface area (Å²) < 4.78 is 2.69. The maximum absolute atomic E-state index is 2.78. The zero-order valence-electron chi connectivity index (χ0n) is 21.5. The second-order valence-corrected chi connectivity index (χ2v) is 19.9. The van der Waals surface area contributed by atoms with Gasteiger partial charge in [0.05, 0.1) is 0 Å². The quantitative estimate of drug-likeness (QED) is 0.198. The van der Waals surface area contributed by atoms with E-state index < -0.39 is 21.0 Å². The minimum atomic E-state index is -2.78. The molecule has 0 atom stereocenters. The van der Waals surface area contributed by atoms with Crippen molar-refractivity contribution in [2.45, 2.75) is 35.0 Å². The molecule has 0 fully saturated rings. The first kappa shape index (κ1) is 23.5. The first-order valence-electron chi connectivity index (χ1n) is 13.0. The molecule has 0 saturated carbocycles. The van der Waals surface area contributed by atoms with Crippen LogP contribution in [0.2, 0.25) is 3.67 Å². The number of rotatable bonds is 4. The van der Waals surface area contributed by atoms with Crippen LogP contribution in [0.1, 0.15) is 48.2 Å². The SMILES string of the molecule is Cc1ccc2c(c1)-c1cc(C)ccc1[CH]2[Hf](=[C](c1ccccc1)c1cccc(C)c1C)[CH]1C=CC=C1. The Morgan fingerprint density at radius 3 is 1.86 bits per heavy atom. The van der Waals surface area contributed by atoms with E-state index in [0.717, 1.165) is 0 Å². The second kappa shape index (κ2) is 9.52. The molecule has 4 aromatic carbocycles. The van der Waals surface area contributed by atoms with Crippen LogP contribution in [0.25, 0.3) is 11.1 Å². The molecule has 0 nitrogen and oxygen atoms in total. The molecule has 0 aromatic heterocycles. The van der Waals surface area contributed by atoms with E-state index >= 15 is 0 Å². The summed E-state index contributed by atoms with van der Waals surface area (Å²) in [5.41, 5.74) is 14.4. The Balaban J connectivity index is 1.75. The number of hydrogen-bond acceptors (Lipinski definition) is 0. The van der Waals surface area contributed by atoms with Gasteiger partial charge in [-0.25, -0.2) is 0 Å². The topological polar surface area (TPSA) is 0 Å². The van der Waals surface area contributed by atoms with Gasteiger partial charge >= 0.3 is 224 Å². The number of fused-ring (bicyclic) bond motifs is 3. The van der Waals surface area contributed by atoms with Crippen molar-refractivity contribution in [3.8, 4) is 11.1 Å². The van der Waals surface area contributed by atoms with E-state index in [9.17, 15) is 0 Å². The van der Waals surface area contributed by atoms with E-state index in [1.54, 1.807) is 14.4 Å². The summed E-state index contributed by atoms with van der Waals surface area (Å²) in [6.07, 6.45) is 9.55. The maximum atomic E-state index is 2.50. The number of benzene rings is 4. The van der Waals surface area contributed by atoms with Gasteiger partial charge in [-0.15, -0.1) is 0 Å². The van der Waals surface area contributed by atoms with Crippen molar-refractivity contribution in [1.29, 1.82) is 0 Å². The van der Waals surface area contributed by atoms with Crippen molar-refractivity contribution < 1.29 is 21.0 Å². The van der Waals surface area contributed by atoms with Crippen molar-refractivity contribution >= 4 is 3.26 Å².